The Labute approximate surface area is 192 Å². The molecule has 0 N–H and O–H groups in total. The fourth-order valence-electron chi connectivity index (χ4n) is 3.88. The smallest absolute Gasteiger partial charge is 0.347 e. The molecule has 0 saturated carbocycles. The Bertz CT molecular complexity index is 1140. The summed E-state index contributed by atoms with van der Waals surface area (Å²) < 4.78 is 10.9. The molecule has 0 aromatic heterocycles. The second-order valence-corrected chi connectivity index (χ2v) is 7.93. The van der Waals surface area contributed by atoms with E-state index in [-0.39, 0.29) is 11.7 Å². The van der Waals surface area contributed by atoms with Gasteiger partial charge in [0.1, 0.15) is 5.75 Å². The van der Waals surface area contributed by atoms with Gasteiger partial charge < -0.3 is 9.47 Å². The van der Waals surface area contributed by atoms with E-state index in [4.69, 9.17) is 9.47 Å². The molecule has 1 aliphatic heterocycles. The molecule has 1 aliphatic rings. The van der Waals surface area contributed by atoms with Crippen LogP contribution in [-0.4, -0.2) is 30.4 Å². The molecule has 33 heavy (non-hydrogen) atoms. The summed E-state index contributed by atoms with van der Waals surface area (Å²) in [6, 6.07) is 22.1. The summed E-state index contributed by atoms with van der Waals surface area (Å²) in [4.78, 5) is 38.8. The first kappa shape index (κ1) is 22.3. The topological polar surface area (TPSA) is 72.9 Å². The van der Waals surface area contributed by atoms with Gasteiger partial charge in [-0.25, -0.2) is 4.79 Å². The van der Waals surface area contributed by atoms with Crippen molar-refractivity contribution >= 4 is 29.0 Å². The zero-order chi connectivity index (χ0) is 23.4. The highest BCUT2D eigenvalue weighted by molar-refractivity contribution is 6.03. The molecule has 3 aromatic rings. The summed E-state index contributed by atoms with van der Waals surface area (Å²) in [5.74, 6) is -0.589. The first-order valence-corrected chi connectivity index (χ1v) is 10.9. The number of nitrogens with zero attached hydrogens (tertiary/aromatic N) is 1. The largest absolute Gasteiger partial charge is 0.479 e. The average Bonchev–Trinajstić information content (AvgIpc) is 2.99. The van der Waals surface area contributed by atoms with Crippen molar-refractivity contribution in [1.82, 2.24) is 0 Å². The van der Waals surface area contributed by atoms with Crippen LogP contribution in [0.3, 0.4) is 0 Å². The Morgan fingerprint density at radius 3 is 1.94 bits per heavy atom. The highest BCUT2D eigenvalue weighted by Crippen LogP contribution is 2.36. The molecular weight excluding hydrogens is 418 g/mol. The van der Waals surface area contributed by atoms with Gasteiger partial charge in [-0.05, 0) is 74.2 Å². The van der Waals surface area contributed by atoms with Gasteiger partial charge in [0.25, 0.3) is 5.91 Å². The minimum absolute atomic E-state index is 0.0517. The van der Waals surface area contributed by atoms with Crippen LogP contribution in [0.5, 0.6) is 5.75 Å². The molecule has 1 amide bonds. The van der Waals surface area contributed by atoms with Crippen LogP contribution in [-0.2, 0) is 27.2 Å². The molecule has 0 spiro atoms. The third-order valence-corrected chi connectivity index (χ3v) is 5.62. The number of Topliss-reactive ketones (excluding diaryl/α,β-unsaturated/α-hetero) is 1. The normalized spacial score (nSPS) is 13.2. The van der Waals surface area contributed by atoms with Crippen molar-refractivity contribution in [2.75, 3.05) is 11.5 Å². The van der Waals surface area contributed by atoms with E-state index in [1.807, 2.05) is 48.5 Å². The van der Waals surface area contributed by atoms with E-state index in [2.05, 4.69) is 0 Å². The van der Waals surface area contributed by atoms with Gasteiger partial charge in [-0.15, -0.1) is 0 Å². The van der Waals surface area contributed by atoms with Gasteiger partial charge in [0.05, 0.1) is 11.4 Å². The maximum Gasteiger partial charge on any atom is 0.347 e. The number of esters is 1. The van der Waals surface area contributed by atoms with Crippen molar-refractivity contribution in [3.63, 3.8) is 0 Å². The van der Waals surface area contributed by atoms with E-state index in [9.17, 15) is 14.4 Å². The highest BCUT2D eigenvalue weighted by Gasteiger charge is 2.27. The Morgan fingerprint density at radius 1 is 0.848 bits per heavy atom. The van der Waals surface area contributed by atoms with Crippen LogP contribution in [0.15, 0.2) is 72.8 Å². The first-order valence-electron chi connectivity index (χ1n) is 10.9. The number of ether oxygens (including phenoxy) is 2. The van der Waals surface area contributed by atoms with E-state index in [0.29, 0.717) is 11.3 Å². The number of carbonyl (C=O) groups is 3. The molecule has 0 radical (unpaired) electrons. The Hall–Kier alpha value is -3.93. The quantitative estimate of drug-likeness (QED) is 0.409. The van der Waals surface area contributed by atoms with Gasteiger partial charge >= 0.3 is 5.97 Å². The number of hydrogen-bond acceptors (Lipinski definition) is 5. The van der Waals surface area contributed by atoms with Crippen molar-refractivity contribution in [2.24, 2.45) is 0 Å². The maximum atomic E-state index is 13.2. The van der Waals surface area contributed by atoms with Gasteiger partial charge in [-0.3, -0.25) is 14.5 Å². The fourth-order valence-corrected chi connectivity index (χ4v) is 3.88. The second kappa shape index (κ2) is 9.69. The maximum absolute atomic E-state index is 13.2. The fraction of sp³-hybridized carbons (Fsp3) is 0.222. The number of rotatable bonds is 6. The molecule has 0 aliphatic carbocycles. The lowest BCUT2D eigenvalue weighted by Gasteiger charge is -2.25. The minimum atomic E-state index is -0.912. The molecule has 1 unspecified atom stereocenters. The van der Waals surface area contributed by atoms with E-state index in [1.54, 1.807) is 36.1 Å². The van der Waals surface area contributed by atoms with Crippen LogP contribution < -0.4 is 9.64 Å². The molecule has 0 fully saturated rings. The third-order valence-electron chi connectivity index (χ3n) is 5.62. The Morgan fingerprint density at radius 2 is 1.39 bits per heavy atom. The molecule has 0 saturated heterocycles. The van der Waals surface area contributed by atoms with Crippen LogP contribution in [0, 0.1) is 0 Å². The number of para-hydroxylation sites is 2. The predicted octanol–water partition coefficient (Wildman–Crippen LogP) is 4.66. The summed E-state index contributed by atoms with van der Waals surface area (Å²) in [5, 5.41) is 0. The molecule has 0 bridgehead atoms. The summed E-state index contributed by atoms with van der Waals surface area (Å²) in [6.45, 7) is 2.63. The number of ketones is 1. The van der Waals surface area contributed by atoms with Crippen LogP contribution in [0.4, 0.5) is 11.4 Å². The SMILES string of the molecule is CC(=O)c1ccc(OC(C)C(=O)OCC(=O)N2c3ccccc3CCc3ccccc32)cc1. The van der Waals surface area contributed by atoms with Gasteiger partial charge in [-0.2, -0.15) is 0 Å². The number of carbonyl (C=O) groups excluding carboxylic acids is 3. The molecule has 1 atom stereocenters. The van der Waals surface area contributed by atoms with E-state index in [0.717, 1.165) is 35.3 Å². The second-order valence-electron chi connectivity index (χ2n) is 7.93. The summed E-state index contributed by atoms with van der Waals surface area (Å²) in [7, 11) is 0. The first-order chi connectivity index (χ1) is 15.9. The lowest BCUT2D eigenvalue weighted by molar-refractivity contribution is -0.154. The predicted molar refractivity (Wildman–Crippen MR) is 125 cm³/mol. The zero-order valence-corrected chi connectivity index (χ0v) is 18.6. The van der Waals surface area contributed by atoms with Gasteiger partial charge in [-0.1, -0.05) is 36.4 Å². The van der Waals surface area contributed by atoms with Gasteiger partial charge in [0.2, 0.25) is 0 Å². The van der Waals surface area contributed by atoms with Gasteiger partial charge in [0, 0.05) is 5.56 Å². The summed E-state index contributed by atoms with van der Waals surface area (Å²) in [6.07, 6.45) is 0.735. The molecule has 6 nitrogen and oxygen atoms in total. The summed E-state index contributed by atoms with van der Waals surface area (Å²) in [5.41, 5.74) is 4.30. The van der Waals surface area contributed by atoms with Crippen LogP contribution in [0.25, 0.3) is 0 Å². The standard InChI is InChI=1S/C27H25NO5/c1-18(29)20-13-15-23(16-14-20)33-19(2)27(31)32-17-26(30)28-24-9-5-3-7-21(24)11-12-22-8-4-6-10-25(22)28/h3-10,13-16,19H,11-12,17H2,1-2H3. The van der Waals surface area contributed by atoms with Crippen molar-refractivity contribution in [3.8, 4) is 5.75 Å². The van der Waals surface area contributed by atoms with Crippen LogP contribution >= 0.6 is 0 Å². The molecule has 6 heteroatoms. The number of amides is 1. The number of hydrogen-bond donors (Lipinski definition) is 0. The molecule has 3 aromatic carbocycles. The van der Waals surface area contributed by atoms with E-state index >= 15 is 0 Å². The lowest BCUT2D eigenvalue weighted by Crippen LogP contribution is -2.34. The van der Waals surface area contributed by atoms with Crippen molar-refractivity contribution in [1.29, 1.82) is 0 Å². The van der Waals surface area contributed by atoms with E-state index in [1.165, 1.54) is 6.92 Å². The monoisotopic (exact) mass is 443 g/mol. The highest BCUT2D eigenvalue weighted by atomic mass is 16.6. The summed E-state index contributed by atoms with van der Waals surface area (Å²) >= 11 is 0. The minimum Gasteiger partial charge on any atom is -0.479 e. The Balaban J connectivity index is 1.45. The lowest BCUT2D eigenvalue weighted by atomic mass is 10.0. The average molecular weight is 443 g/mol. The Kier molecular flexibility index (Phi) is 6.54. The number of benzene rings is 3. The van der Waals surface area contributed by atoms with Crippen molar-refractivity contribution in [2.45, 2.75) is 32.8 Å². The molecular formula is C27H25NO5. The van der Waals surface area contributed by atoms with Crippen molar-refractivity contribution < 1.29 is 23.9 Å². The van der Waals surface area contributed by atoms with Crippen LogP contribution in [0.2, 0.25) is 0 Å². The van der Waals surface area contributed by atoms with Crippen molar-refractivity contribution in [3.05, 3.63) is 89.5 Å². The molecule has 1 heterocycles. The third kappa shape index (κ3) is 4.95. The van der Waals surface area contributed by atoms with E-state index < -0.39 is 18.7 Å². The van der Waals surface area contributed by atoms with Crippen LogP contribution in [0.1, 0.15) is 35.3 Å². The number of fused-ring (bicyclic) bond motifs is 2. The molecule has 168 valence electrons. The zero-order valence-electron chi connectivity index (χ0n) is 18.6. The number of aryl methyl sites for hydroxylation is 2. The molecule has 4 rings (SSSR count). The number of anilines is 2. The van der Waals surface area contributed by atoms with Gasteiger partial charge in [0.15, 0.2) is 18.5 Å².